The molecule has 1 saturated heterocycles. The van der Waals surface area contributed by atoms with Crippen LogP contribution in [0.5, 0.6) is 11.5 Å². The summed E-state index contributed by atoms with van der Waals surface area (Å²) < 4.78 is 9.58. The summed E-state index contributed by atoms with van der Waals surface area (Å²) in [7, 11) is 1.56. The first-order valence-corrected chi connectivity index (χ1v) is 10.9. The number of aromatic nitrogens is 2. The van der Waals surface area contributed by atoms with E-state index >= 15 is 0 Å². The molecular weight excluding hydrogens is 388 g/mol. The number of guanidine groups is 1. The van der Waals surface area contributed by atoms with Crippen LogP contribution in [0, 0.1) is 0 Å². The van der Waals surface area contributed by atoms with Crippen molar-refractivity contribution in [2.24, 2.45) is 4.99 Å². The molecule has 9 heteroatoms. The van der Waals surface area contributed by atoms with Gasteiger partial charge in [-0.05, 0) is 31.0 Å². The van der Waals surface area contributed by atoms with Crippen molar-refractivity contribution in [2.45, 2.75) is 26.7 Å². The van der Waals surface area contributed by atoms with Crippen LogP contribution in [0.1, 0.15) is 25.2 Å². The number of phenols is 1. The average Bonchev–Trinajstić information content (AvgIpc) is 3.24. The third-order valence-corrected chi connectivity index (χ3v) is 5.68. The Kier molecular flexibility index (Phi) is 7.51. The second kappa shape index (κ2) is 10.3. The molecule has 8 nitrogen and oxygen atoms in total. The normalized spacial score (nSPS) is 14.9. The number of nitrogens with zero attached hydrogens (tertiary/aromatic N) is 5. The van der Waals surface area contributed by atoms with E-state index in [1.54, 1.807) is 13.2 Å². The number of phenolic OH excluding ortho intramolecular Hbond substituents is 1. The number of anilines is 1. The zero-order valence-electron chi connectivity index (χ0n) is 17.4. The highest BCUT2D eigenvalue weighted by Crippen LogP contribution is 2.26. The lowest BCUT2D eigenvalue weighted by Gasteiger charge is -2.36. The molecule has 0 atom stereocenters. The summed E-state index contributed by atoms with van der Waals surface area (Å²) in [6.07, 6.45) is 1.66. The van der Waals surface area contributed by atoms with Crippen LogP contribution in [0.25, 0.3) is 0 Å². The van der Waals surface area contributed by atoms with Crippen LogP contribution in [-0.4, -0.2) is 71.7 Å². The quantitative estimate of drug-likeness (QED) is 0.526. The van der Waals surface area contributed by atoms with Gasteiger partial charge in [-0.2, -0.15) is 4.37 Å². The Labute approximate surface area is 176 Å². The zero-order chi connectivity index (χ0) is 20.6. The molecule has 1 aromatic heterocycles. The molecular formula is C20H30N6O2S. The fourth-order valence-electron chi connectivity index (χ4n) is 3.22. The fourth-order valence-corrected chi connectivity index (χ4v) is 4.02. The molecule has 0 bridgehead atoms. The maximum Gasteiger partial charge on any atom is 0.205 e. The van der Waals surface area contributed by atoms with Gasteiger partial charge in [0, 0.05) is 57.2 Å². The van der Waals surface area contributed by atoms with E-state index in [-0.39, 0.29) is 5.75 Å². The summed E-state index contributed by atoms with van der Waals surface area (Å²) >= 11 is 1.49. The molecule has 1 fully saturated rings. The van der Waals surface area contributed by atoms with Crippen molar-refractivity contribution in [1.29, 1.82) is 0 Å². The summed E-state index contributed by atoms with van der Waals surface area (Å²) in [4.78, 5) is 14.0. The Morgan fingerprint density at radius 3 is 2.72 bits per heavy atom. The highest BCUT2D eigenvalue weighted by atomic mass is 32.1. The number of hydrogen-bond donors (Lipinski definition) is 2. The van der Waals surface area contributed by atoms with E-state index in [9.17, 15) is 5.11 Å². The van der Waals surface area contributed by atoms with E-state index in [2.05, 4.69) is 38.3 Å². The van der Waals surface area contributed by atoms with Gasteiger partial charge in [0.2, 0.25) is 5.13 Å². The minimum absolute atomic E-state index is 0.160. The Hall–Kier alpha value is -2.55. The van der Waals surface area contributed by atoms with Crippen molar-refractivity contribution in [3.05, 3.63) is 29.6 Å². The summed E-state index contributed by atoms with van der Waals surface area (Å²) in [5, 5.41) is 14.2. The summed E-state index contributed by atoms with van der Waals surface area (Å²) in [5.41, 5.74) is 1.09. The van der Waals surface area contributed by atoms with Gasteiger partial charge in [0.05, 0.1) is 7.11 Å². The van der Waals surface area contributed by atoms with E-state index in [1.807, 2.05) is 12.1 Å². The average molecular weight is 419 g/mol. The number of aryl methyl sites for hydroxylation is 1. The predicted molar refractivity (Wildman–Crippen MR) is 117 cm³/mol. The molecule has 0 saturated carbocycles. The lowest BCUT2D eigenvalue weighted by atomic mass is 10.1. The minimum atomic E-state index is 0.160. The molecule has 0 amide bonds. The SMILES string of the molecule is CCNC(=NCCc1ccc(O)c(OC)c1)N1CCN(c2nc(CC)ns2)CC1. The second-order valence-corrected chi connectivity index (χ2v) is 7.54. The smallest absolute Gasteiger partial charge is 0.205 e. The molecule has 29 heavy (non-hydrogen) atoms. The van der Waals surface area contributed by atoms with E-state index in [1.165, 1.54) is 11.5 Å². The van der Waals surface area contributed by atoms with Crippen LogP contribution in [0.3, 0.4) is 0 Å². The molecule has 2 N–H and O–H groups in total. The lowest BCUT2D eigenvalue weighted by molar-refractivity contribution is 0.372. The highest BCUT2D eigenvalue weighted by molar-refractivity contribution is 7.09. The van der Waals surface area contributed by atoms with E-state index in [0.29, 0.717) is 12.3 Å². The van der Waals surface area contributed by atoms with Gasteiger partial charge < -0.3 is 25.0 Å². The number of benzene rings is 1. The van der Waals surface area contributed by atoms with E-state index in [0.717, 1.165) is 68.0 Å². The molecule has 158 valence electrons. The first-order valence-electron chi connectivity index (χ1n) is 10.1. The van der Waals surface area contributed by atoms with Gasteiger partial charge in [-0.25, -0.2) is 4.98 Å². The largest absolute Gasteiger partial charge is 0.504 e. The van der Waals surface area contributed by atoms with Gasteiger partial charge in [0.25, 0.3) is 0 Å². The lowest BCUT2D eigenvalue weighted by Crippen LogP contribution is -2.52. The summed E-state index contributed by atoms with van der Waals surface area (Å²) in [5.74, 6) is 2.53. The number of rotatable bonds is 7. The summed E-state index contributed by atoms with van der Waals surface area (Å²) in [6, 6.07) is 5.44. The molecule has 0 unspecified atom stereocenters. The number of piperazine rings is 1. The van der Waals surface area contributed by atoms with Gasteiger partial charge in [-0.1, -0.05) is 13.0 Å². The van der Waals surface area contributed by atoms with Crippen molar-refractivity contribution >= 4 is 22.6 Å². The van der Waals surface area contributed by atoms with Crippen LogP contribution < -0.4 is 15.0 Å². The molecule has 0 spiro atoms. The molecule has 2 aromatic rings. The van der Waals surface area contributed by atoms with Crippen LogP contribution >= 0.6 is 11.5 Å². The molecule has 0 aliphatic carbocycles. The van der Waals surface area contributed by atoms with Crippen LogP contribution in [0.15, 0.2) is 23.2 Å². The van der Waals surface area contributed by atoms with Crippen molar-refractivity contribution in [2.75, 3.05) is 51.3 Å². The maximum absolute atomic E-state index is 9.73. The van der Waals surface area contributed by atoms with Gasteiger partial charge in [-0.3, -0.25) is 4.99 Å². The molecule has 1 aliphatic rings. The van der Waals surface area contributed by atoms with Crippen molar-refractivity contribution in [3.63, 3.8) is 0 Å². The van der Waals surface area contributed by atoms with Gasteiger partial charge in [-0.15, -0.1) is 0 Å². The monoisotopic (exact) mass is 418 g/mol. The zero-order valence-corrected chi connectivity index (χ0v) is 18.2. The number of nitrogens with one attached hydrogen (secondary N) is 1. The number of aliphatic imine (C=N–C) groups is 1. The van der Waals surface area contributed by atoms with Gasteiger partial charge in [0.15, 0.2) is 17.5 Å². The molecule has 0 radical (unpaired) electrons. The first-order chi connectivity index (χ1) is 14.1. The molecule has 3 rings (SSSR count). The Balaban J connectivity index is 1.56. The number of hydrogen-bond acceptors (Lipinski definition) is 7. The van der Waals surface area contributed by atoms with Gasteiger partial charge >= 0.3 is 0 Å². The number of ether oxygens (including phenoxy) is 1. The highest BCUT2D eigenvalue weighted by Gasteiger charge is 2.22. The van der Waals surface area contributed by atoms with E-state index < -0.39 is 0 Å². The Morgan fingerprint density at radius 1 is 1.28 bits per heavy atom. The summed E-state index contributed by atoms with van der Waals surface area (Å²) in [6.45, 7) is 9.31. The predicted octanol–water partition coefficient (Wildman–Crippen LogP) is 2.14. The molecule has 1 aromatic carbocycles. The Bertz CT molecular complexity index is 817. The topological polar surface area (TPSA) is 86.1 Å². The minimum Gasteiger partial charge on any atom is -0.504 e. The van der Waals surface area contributed by atoms with Crippen LogP contribution in [0.2, 0.25) is 0 Å². The maximum atomic E-state index is 9.73. The third-order valence-electron chi connectivity index (χ3n) is 4.86. The van der Waals surface area contributed by atoms with Crippen LogP contribution in [-0.2, 0) is 12.8 Å². The fraction of sp³-hybridized carbons (Fsp3) is 0.550. The standard InChI is InChI=1S/C20H30N6O2S/c1-4-18-23-20(29-24-18)26-12-10-25(11-13-26)19(21-5-2)22-9-8-15-6-7-16(27)17(14-15)28-3/h6-7,14,27H,4-5,8-13H2,1-3H3,(H,21,22). The van der Waals surface area contributed by atoms with E-state index in [4.69, 9.17) is 9.73 Å². The van der Waals surface area contributed by atoms with Crippen molar-refractivity contribution < 1.29 is 9.84 Å². The third kappa shape index (κ3) is 5.50. The van der Waals surface area contributed by atoms with Crippen LogP contribution in [0.4, 0.5) is 5.13 Å². The first kappa shape index (κ1) is 21.2. The van der Waals surface area contributed by atoms with Crippen molar-refractivity contribution in [1.82, 2.24) is 19.6 Å². The Morgan fingerprint density at radius 2 is 2.07 bits per heavy atom. The van der Waals surface area contributed by atoms with Crippen molar-refractivity contribution in [3.8, 4) is 11.5 Å². The number of methoxy groups -OCH3 is 1. The molecule has 2 heterocycles. The van der Waals surface area contributed by atoms with Gasteiger partial charge in [0.1, 0.15) is 5.82 Å². The molecule has 1 aliphatic heterocycles. The second-order valence-electron chi connectivity index (χ2n) is 6.81. The number of aromatic hydroxyl groups is 1.